The topological polar surface area (TPSA) is 62.1 Å². The van der Waals surface area contributed by atoms with Crippen molar-refractivity contribution < 1.29 is 0 Å². The first-order chi connectivity index (χ1) is 10.8. The van der Waals surface area contributed by atoms with Crippen LogP contribution in [0.5, 0.6) is 0 Å². The number of nitrogens with two attached hydrogens (primary N) is 1. The highest BCUT2D eigenvalue weighted by molar-refractivity contribution is 5.26. The molecule has 4 heteroatoms. The minimum absolute atomic E-state index is 0.489. The molecule has 1 unspecified atom stereocenters. The van der Waals surface area contributed by atoms with Crippen LogP contribution in [-0.2, 0) is 6.42 Å². The molecule has 0 amide bonds. The molecule has 0 saturated carbocycles. The molecular weight excluding hydrogens is 272 g/mol. The standard InChI is InChI=1S/C18H34N4/c1-3-4-5-16-6-8-17(9-7-16)18(14-21-11-10-19)15-22-13-12-20-2/h6-9,18,20-22H,3-5,10-15,19H2,1-2H3. The molecule has 0 aliphatic carbocycles. The maximum atomic E-state index is 5.57. The molecule has 1 aromatic rings. The summed E-state index contributed by atoms with van der Waals surface area (Å²) in [6, 6.07) is 9.15. The number of aryl methyl sites for hydroxylation is 1. The van der Waals surface area contributed by atoms with Gasteiger partial charge in [-0.3, -0.25) is 0 Å². The van der Waals surface area contributed by atoms with Gasteiger partial charge in [-0.15, -0.1) is 0 Å². The fourth-order valence-corrected chi connectivity index (χ4v) is 2.51. The van der Waals surface area contributed by atoms with Crippen LogP contribution in [0.3, 0.4) is 0 Å². The number of benzene rings is 1. The smallest absolute Gasteiger partial charge is 0.00885 e. The van der Waals surface area contributed by atoms with E-state index in [-0.39, 0.29) is 0 Å². The van der Waals surface area contributed by atoms with E-state index in [1.54, 1.807) is 0 Å². The predicted octanol–water partition coefficient (Wildman–Crippen LogP) is 1.47. The Bertz CT molecular complexity index is 364. The number of nitrogens with one attached hydrogen (secondary N) is 3. The first-order valence-electron chi connectivity index (χ1n) is 8.66. The van der Waals surface area contributed by atoms with E-state index in [1.807, 2.05) is 7.05 Å². The van der Waals surface area contributed by atoms with Crippen LogP contribution in [0.4, 0.5) is 0 Å². The van der Waals surface area contributed by atoms with Crippen molar-refractivity contribution in [3.8, 4) is 0 Å². The molecule has 0 radical (unpaired) electrons. The third kappa shape index (κ3) is 7.90. The van der Waals surface area contributed by atoms with E-state index in [0.717, 1.165) is 32.7 Å². The first-order valence-corrected chi connectivity index (χ1v) is 8.66. The highest BCUT2D eigenvalue weighted by Gasteiger charge is 2.10. The lowest BCUT2D eigenvalue weighted by atomic mass is 9.96. The fourth-order valence-electron chi connectivity index (χ4n) is 2.51. The molecule has 4 nitrogen and oxygen atoms in total. The summed E-state index contributed by atoms with van der Waals surface area (Å²) >= 11 is 0. The number of unbranched alkanes of at least 4 members (excludes halogenated alkanes) is 1. The van der Waals surface area contributed by atoms with Crippen LogP contribution in [0.2, 0.25) is 0 Å². The van der Waals surface area contributed by atoms with Gasteiger partial charge < -0.3 is 21.7 Å². The highest BCUT2D eigenvalue weighted by atomic mass is 14.9. The van der Waals surface area contributed by atoms with Gasteiger partial charge in [-0.1, -0.05) is 37.6 Å². The summed E-state index contributed by atoms with van der Waals surface area (Å²) in [5.41, 5.74) is 8.42. The normalized spacial score (nSPS) is 12.5. The molecule has 0 aromatic heterocycles. The quantitative estimate of drug-likeness (QED) is 0.417. The zero-order chi connectivity index (χ0) is 16.0. The minimum atomic E-state index is 0.489. The van der Waals surface area contributed by atoms with Crippen LogP contribution in [0.15, 0.2) is 24.3 Å². The van der Waals surface area contributed by atoms with E-state index in [9.17, 15) is 0 Å². The van der Waals surface area contributed by atoms with Gasteiger partial charge in [0.05, 0.1) is 0 Å². The maximum Gasteiger partial charge on any atom is 0.00885 e. The number of likely N-dealkylation sites (N-methyl/N-ethyl adjacent to an activating group) is 1. The Hall–Kier alpha value is -0.940. The molecule has 0 saturated heterocycles. The zero-order valence-electron chi connectivity index (χ0n) is 14.3. The van der Waals surface area contributed by atoms with Crippen molar-refractivity contribution in [2.24, 2.45) is 5.73 Å². The maximum absolute atomic E-state index is 5.57. The molecule has 0 spiro atoms. The van der Waals surface area contributed by atoms with Crippen LogP contribution in [-0.4, -0.2) is 46.3 Å². The number of rotatable bonds is 13. The van der Waals surface area contributed by atoms with E-state index in [1.165, 1.54) is 30.4 Å². The summed E-state index contributed by atoms with van der Waals surface area (Å²) in [4.78, 5) is 0. The minimum Gasteiger partial charge on any atom is -0.329 e. The van der Waals surface area contributed by atoms with Gasteiger partial charge in [0, 0.05) is 45.2 Å². The third-order valence-electron chi connectivity index (χ3n) is 3.92. The molecule has 0 heterocycles. The van der Waals surface area contributed by atoms with E-state index < -0.39 is 0 Å². The van der Waals surface area contributed by atoms with Gasteiger partial charge in [-0.25, -0.2) is 0 Å². The second kappa shape index (κ2) is 12.6. The van der Waals surface area contributed by atoms with Crippen LogP contribution in [0.25, 0.3) is 0 Å². The summed E-state index contributed by atoms with van der Waals surface area (Å²) in [7, 11) is 1.98. The van der Waals surface area contributed by atoms with Crippen molar-refractivity contribution >= 4 is 0 Å². The van der Waals surface area contributed by atoms with E-state index in [4.69, 9.17) is 5.73 Å². The highest BCUT2D eigenvalue weighted by Crippen LogP contribution is 2.16. The third-order valence-corrected chi connectivity index (χ3v) is 3.92. The van der Waals surface area contributed by atoms with Gasteiger partial charge in [-0.2, -0.15) is 0 Å². The zero-order valence-corrected chi connectivity index (χ0v) is 14.3. The molecule has 0 aliphatic rings. The molecule has 0 bridgehead atoms. The fraction of sp³-hybridized carbons (Fsp3) is 0.667. The SMILES string of the molecule is CCCCc1ccc(C(CNCCN)CNCCNC)cc1. The van der Waals surface area contributed by atoms with Crippen molar-refractivity contribution in [3.05, 3.63) is 35.4 Å². The Morgan fingerprint density at radius 1 is 1.00 bits per heavy atom. The van der Waals surface area contributed by atoms with Crippen LogP contribution < -0.4 is 21.7 Å². The van der Waals surface area contributed by atoms with Gasteiger partial charge in [0.2, 0.25) is 0 Å². The summed E-state index contributed by atoms with van der Waals surface area (Å²) < 4.78 is 0. The lowest BCUT2D eigenvalue weighted by Gasteiger charge is -2.19. The monoisotopic (exact) mass is 306 g/mol. The van der Waals surface area contributed by atoms with Crippen molar-refractivity contribution in [1.29, 1.82) is 0 Å². The van der Waals surface area contributed by atoms with Crippen molar-refractivity contribution in [2.45, 2.75) is 32.1 Å². The molecule has 0 aliphatic heterocycles. The average Bonchev–Trinajstić information content (AvgIpc) is 2.56. The molecule has 126 valence electrons. The van der Waals surface area contributed by atoms with Gasteiger partial charge in [0.1, 0.15) is 0 Å². The van der Waals surface area contributed by atoms with Crippen molar-refractivity contribution in [3.63, 3.8) is 0 Å². The molecule has 22 heavy (non-hydrogen) atoms. The second-order valence-corrected chi connectivity index (χ2v) is 5.84. The largest absolute Gasteiger partial charge is 0.329 e. The Balaban J connectivity index is 2.55. The number of hydrogen-bond acceptors (Lipinski definition) is 4. The Kier molecular flexibility index (Phi) is 10.9. The van der Waals surface area contributed by atoms with Crippen molar-refractivity contribution in [2.75, 3.05) is 46.3 Å². The van der Waals surface area contributed by atoms with E-state index >= 15 is 0 Å². The molecule has 1 atom stereocenters. The lowest BCUT2D eigenvalue weighted by Crippen LogP contribution is -2.34. The van der Waals surface area contributed by atoms with Crippen LogP contribution >= 0.6 is 0 Å². The lowest BCUT2D eigenvalue weighted by molar-refractivity contribution is 0.533. The summed E-state index contributed by atoms with van der Waals surface area (Å²) in [6.45, 7) is 7.77. The van der Waals surface area contributed by atoms with E-state index in [2.05, 4.69) is 47.1 Å². The van der Waals surface area contributed by atoms with Crippen LogP contribution in [0, 0.1) is 0 Å². The predicted molar refractivity (Wildman–Crippen MR) is 96.5 cm³/mol. The molecule has 0 fully saturated rings. The molecule has 5 N–H and O–H groups in total. The molecule has 1 rings (SSSR count). The summed E-state index contributed by atoms with van der Waals surface area (Å²) in [6.07, 6.45) is 3.71. The van der Waals surface area contributed by atoms with Gasteiger partial charge in [-0.05, 0) is 31.0 Å². The van der Waals surface area contributed by atoms with E-state index in [0.29, 0.717) is 12.5 Å². The summed E-state index contributed by atoms with van der Waals surface area (Å²) in [5, 5.41) is 10.1. The van der Waals surface area contributed by atoms with Gasteiger partial charge >= 0.3 is 0 Å². The van der Waals surface area contributed by atoms with Gasteiger partial charge in [0.15, 0.2) is 0 Å². The Labute approximate surface area is 136 Å². The van der Waals surface area contributed by atoms with Crippen LogP contribution in [0.1, 0.15) is 36.8 Å². The average molecular weight is 306 g/mol. The Morgan fingerprint density at radius 2 is 1.68 bits per heavy atom. The molecule has 1 aromatic carbocycles. The van der Waals surface area contributed by atoms with Gasteiger partial charge in [0.25, 0.3) is 0 Å². The van der Waals surface area contributed by atoms with Crippen molar-refractivity contribution in [1.82, 2.24) is 16.0 Å². The second-order valence-electron chi connectivity index (χ2n) is 5.84. The molecular formula is C18H34N4. The Morgan fingerprint density at radius 3 is 2.27 bits per heavy atom. The first kappa shape index (κ1) is 19.1. The summed E-state index contributed by atoms with van der Waals surface area (Å²) in [5.74, 6) is 0.489. The number of hydrogen-bond donors (Lipinski definition) is 4.